The fourth-order valence-electron chi connectivity index (χ4n) is 2.93. The number of benzene rings is 2. The van der Waals surface area contributed by atoms with Crippen LogP contribution in [0.5, 0.6) is 0 Å². The van der Waals surface area contributed by atoms with Crippen molar-refractivity contribution in [3.05, 3.63) is 64.7 Å². The van der Waals surface area contributed by atoms with E-state index in [0.29, 0.717) is 12.1 Å². The van der Waals surface area contributed by atoms with Crippen LogP contribution in [-0.4, -0.2) is 36.5 Å². The Morgan fingerprint density at radius 1 is 1.17 bits per heavy atom. The van der Waals surface area contributed by atoms with Gasteiger partial charge in [-0.25, -0.2) is 8.78 Å². The summed E-state index contributed by atoms with van der Waals surface area (Å²) in [6.07, 6.45) is 0.116. The number of aryl methyl sites for hydroxylation is 1. The van der Waals surface area contributed by atoms with Crippen molar-refractivity contribution in [2.75, 3.05) is 11.9 Å². The molecule has 2 aromatic carbocycles. The summed E-state index contributed by atoms with van der Waals surface area (Å²) >= 11 is 0. The lowest BCUT2D eigenvalue weighted by Gasteiger charge is -2.20. The molecule has 0 bridgehead atoms. The van der Waals surface area contributed by atoms with E-state index in [4.69, 9.17) is 4.65 Å². The van der Waals surface area contributed by atoms with Crippen molar-refractivity contribution < 1.29 is 36.8 Å². The molecule has 0 aliphatic carbocycles. The molecule has 3 N–H and O–H groups in total. The Morgan fingerprint density at radius 3 is 2.50 bits per heavy atom. The number of hydrogen-bond acceptors (Lipinski definition) is 4. The second-order valence-corrected chi connectivity index (χ2v) is 6.82. The molecule has 30 heavy (non-hydrogen) atoms. The van der Waals surface area contributed by atoms with Crippen LogP contribution < -0.4 is 10.6 Å². The van der Waals surface area contributed by atoms with Crippen LogP contribution in [0.15, 0.2) is 36.4 Å². The van der Waals surface area contributed by atoms with Crippen molar-refractivity contribution in [2.24, 2.45) is 0 Å². The van der Waals surface area contributed by atoms with Gasteiger partial charge in [0.25, 0.3) is 11.8 Å². The zero-order valence-electron chi connectivity index (χ0n) is 15.7. The molecule has 0 radical (unpaired) electrons. The van der Waals surface area contributed by atoms with E-state index in [1.807, 2.05) is 5.32 Å². The second-order valence-electron chi connectivity index (χ2n) is 6.82. The Labute approximate surface area is 169 Å². The highest BCUT2D eigenvalue weighted by Crippen LogP contribution is 2.32. The Balaban J connectivity index is 1.81. The van der Waals surface area contributed by atoms with Gasteiger partial charge in [0.2, 0.25) is 0 Å². The Bertz CT molecular complexity index is 989. The number of rotatable bonds is 5. The maximum atomic E-state index is 14.6. The number of carbonyl (C=O) groups excluding carboxylic acids is 2. The van der Waals surface area contributed by atoms with Gasteiger partial charge in [-0.1, -0.05) is 0 Å². The summed E-state index contributed by atoms with van der Waals surface area (Å²) in [5.41, 5.74) is -1.15. The number of anilines is 1. The molecule has 2 amide bonds. The minimum Gasteiger partial charge on any atom is -0.426 e. The quantitative estimate of drug-likeness (QED) is 0.509. The summed E-state index contributed by atoms with van der Waals surface area (Å²) in [6.45, 7) is 1.55. The Kier molecular flexibility index (Phi) is 6.13. The molecule has 1 unspecified atom stereocenters. The van der Waals surface area contributed by atoms with Crippen LogP contribution >= 0.6 is 0 Å². The molecule has 0 saturated carbocycles. The zero-order valence-corrected chi connectivity index (χ0v) is 15.7. The van der Waals surface area contributed by atoms with E-state index in [0.717, 1.165) is 12.1 Å². The average Bonchev–Trinajstić information content (AvgIpc) is 3.09. The summed E-state index contributed by atoms with van der Waals surface area (Å²) in [5.74, 6) is -9.91. The molecule has 1 heterocycles. The Morgan fingerprint density at radius 2 is 1.87 bits per heavy atom. The number of alkyl halides is 2. The number of hydrogen-bond donors (Lipinski definition) is 3. The van der Waals surface area contributed by atoms with E-state index in [1.54, 1.807) is 0 Å². The number of amides is 2. The molecule has 11 heteroatoms. The third-order valence-corrected chi connectivity index (χ3v) is 4.65. The first kappa shape index (κ1) is 21.8. The van der Waals surface area contributed by atoms with E-state index in [9.17, 15) is 32.2 Å². The molecule has 1 aliphatic rings. The van der Waals surface area contributed by atoms with E-state index < -0.39 is 48.0 Å². The summed E-state index contributed by atoms with van der Waals surface area (Å²) in [4.78, 5) is 24.4. The molecule has 158 valence electrons. The van der Waals surface area contributed by atoms with E-state index in [-0.39, 0.29) is 29.8 Å². The molecule has 6 nitrogen and oxygen atoms in total. The SMILES string of the molecule is Cc1cc(NC(=O)c2ccc(F)c(C(F)(F)C(=O)NC3CCOB3O)c2)ccc1F. The van der Waals surface area contributed by atoms with Crippen molar-refractivity contribution in [3.63, 3.8) is 0 Å². The monoisotopic (exact) mass is 424 g/mol. The summed E-state index contributed by atoms with van der Waals surface area (Å²) in [5, 5.41) is 13.8. The van der Waals surface area contributed by atoms with Gasteiger partial charge in [-0.05, 0) is 55.3 Å². The minimum atomic E-state index is -4.31. The molecule has 0 spiro atoms. The van der Waals surface area contributed by atoms with E-state index in [1.165, 1.54) is 19.1 Å². The van der Waals surface area contributed by atoms with Gasteiger partial charge in [0, 0.05) is 17.9 Å². The Hall–Kier alpha value is -2.92. The molecule has 1 atom stereocenters. The van der Waals surface area contributed by atoms with Gasteiger partial charge in [0.05, 0.1) is 11.5 Å². The van der Waals surface area contributed by atoms with Gasteiger partial charge in [0.15, 0.2) is 0 Å². The molecule has 1 fully saturated rings. The van der Waals surface area contributed by atoms with Gasteiger partial charge >= 0.3 is 13.0 Å². The molecule has 3 rings (SSSR count). The minimum absolute atomic E-state index is 0.0740. The predicted molar refractivity (Wildman–Crippen MR) is 99.9 cm³/mol. The molecule has 1 aliphatic heterocycles. The number of halogens is 4. The zero-order chi connectivity index (χ0) is 22.1. The lowest BCUT2D eigenvalue weighted by molar-refractivity contribution is -0.147. The van der Waals surface area contributed by atoms with Crippen LogP contribution in [0.4, 0.5) is 23.2 Å². The van der Waals surface area contributed by atoms with Crippen LogP contribution in [0.3, 0.4) is 0 Å². The average molecular weight is 424 g/mol. The van der Waals surface area contributed by atoms with Gasteiger partial charge in [-0.2, -0.15) is 8.78 Å². The van der Waals surface area contributed by atoms with Crippen molar-refractivity contribution in [2.45, 2.75) is 25.2 Å². The van der Waals surface area contributed by atoms with Gasteiger partial charge in [-0.3, -0.25) is 9.59 Å². The highest BCUT2D eigenvalue weighted by molar-refractivity contribution is 6.46. The number of nitrogens with one attached hydrogen (secondary N) is 2. The first-order valence-corrected chi connectivity index (χ1v) is 8.95. The maximum Gasteiger partial charge on any atom is 0.478 e. The van der Waals surface area contributed by atoms with Crippen LogP contribution in [0.1, 0.15) is 27.9 Å². The topological polar surface area (TPSA) is 87.7 Å². The second kappa shape index (κ2) is 8.45. The molecule has 2 aromatic rings. The third-order valence-electron chi connectivity index (χ3n) is 4.65. The van der Waals surface area contributed by atoms with Crippen LogP contribution in [0, 0.1) is 18.6 Å². The fraction of sp³-hybridized carbons (Fsp3) is 0.263. The molecule has 0 aromatic heterocycles. The van der Waals surface area contributed by atoms with E-state index >= 15 is 0 Å². The number of carbonyl (C=O) groups is 2. The first-order chi connectivity index (χ1) is 14.1. The van der Waals surface area contributed by atoms with Gasteiger partial charge in [-0.15, -0.1) is 0 Å². The third kappa shape index (κ3) is 4.47. The van der Waals surface area contributed by atoms with Crippen molar-refractivity contribution in [1.82, 2.24) is 5.32 Å². The predicted octanol–water partition coefficient (Wildman–Crippen LogP) is 2.54. The van der Waals surface area contributed by atoms with Crippen LogP contribution in [0.25, 0.3) is 0 Å². The lowest BCUT2D eigenvalue weighted by atomic mass is 9.80. The van der Waals surface area contributed by atoms with E-state index in [2.05, 4.69) is 5.32 Å². The van der Waals surface area contributed by atoms with Crippen LogP contribution in [-0.2, 0) is 15.4 Å². The van der Waals surface area contributed by atoms with Crippen molar-refractivity contribution in [3.8, 4) is 0 Å². The lowest BCUT2D eigenvalue weighted by Crippen LogP contribution is -2.49. The highest BCUT2D eigenvalue weighted by atomic mass is 19.3. The largest absolute Gasteiger partial charge is 0.478 e. The highest BCUT2D eigenvalue weighted by Gasteiger charge is 2.46. The normalized spacial score (nSPS) is 16.5. The standard InChI is InChI=1S/C19H17BF4N2O4/c1-10-8-12(3-5-14(10)21)25-17(27)11-2-4-15(22)13(9-11)19(23,24)18(28)26-16-6-7-30-20(16)29/h2-5,8-9,16,29H,6-7H2,1H3,(H,25,27)(H,26,28). The summed E-state index contributed by atoms with van der Waals surface area (Å²) < 4.78 is 61.4. The molecular weight excluding hydrogens is 407 g/mol. The smallest absolute Gasteiger partial charge is 0.426 e. The van der Waals surface area contributed by atoms with Gasteiger partial charge < -0.3 is 20.3 Å². The van der Waals surface area contributed by atoms with Crippen LogP contribution in [0.2, 0.25) is 0 Å². The fourth-order valence-corrected chi connectivity index (χ4v) is 2.93. The van der Waals surface area contributed by atoms with Crippen molar-refractivity contribution >= 4 is 24.6 Å². The molecule has 1 saturated heterocycles. The molecular formula is C19H17BF4N2O4. The first-order valence-electron chi connectivity index (χ1n) is 8.95. The summed E-state index contributed by atoms with van der Waals surface area (Å²) in [6, 6.07) is 5.95. The maximum absolute atomic E-state index is 14.6. The summed E-state index contributed by atoms with van der Waals surface area (Å²) in [7, 11) is -1.44. The van der Waals surface area contributed by atoms with Crippen molar-refractivity contribution in [1.29, 1.82) is 0 Å². The van der Waals surface area contributed by atoms with Gasteiger partial charge in [0.1, 0.15) is 11.6 Å².